The monoisotopic (exact) mass is 365 g/mol. The molecule has 1 saturated heterocycles. The molecular formula is C21H23N3O3. The van der Waals surface area contributed by atoms with Crippen LogP contribution in [0.25, 0.3) is 0 Å². The first-order valence-corrected chi connectivity index (χ1v) is 9.19. The lowest BCUT2D eigenvalue weighted by molar-refractivity contribution is -0.124. The summed E-state index contributed by atoms with van der Waals surface area (Å²) in [6.45, 7) is 2.12. The second-order valence-electron chi connectivity index (χ2n) is 6.96. The molecule has 2 aromatic rings. The Bertz CT molecular complexity index is 879. The highest BCUT2D eigenvalue weighted by Crippen LogP contribution is 2.40. The number of aromatic hydroxyl groups is 1. The molecule has 6 heteroatoms. The molecule has 0 aliphatic carbocycles. The lowest BCUT2D eigenvalue weighted by atomic mass is 9.79. The SMILES string of the molecule is CCc1ccc(N2N=CC3C(c4ccc(OC)c(O)c4)CC(=O)NC32)cc1. The fraction of sp³-hybridized carbons (Fsp3) is 0.333. The Morgan fingerprint density at radius 2 is 2.04 bits per heavy atom. The Hall–Kier alpha value is -3.02. The molecule has 2 aliphatic rings. The highest BCUT2D eigenvalue weighted by molar-refractivity contribution is 5.84. The van der Waals surface area contributed by atoms with Gasteiger partial charge in [0, 0.05) is 24.5 Å². The number of rotatable bonds is 4. The summed E-state index contributed by atoms with van der Waals surface area (Å²) in [5.41, 5.74) is 3.12. The minimum Gasteiger partial charge on any atom is -0.504 e. The minimum absolute atomic E-state index is 0.0164. The summed E-state index contributed by atoms with van der Waals surface area (Å²) in [5, 5.41) is 19.7. The Balaban J connectivity index is 1.63. The lowest BCUT2D eigenvalue weighted by Gasteiger charge is -2.36. The molecule has 0 bridgehead atoms. The van der Waals surface area contributed by atoms with Crippen molar-refractivity contribution < 1.29 is 14.6 Å². The highest BCUT2D eigenvalue weighted by Gasteiger charge is 2.43. The van der Waals surface area contributed by atoms with E-state index in [-0.39, 0.29) is 29.7 Å². The summed E-state index contributed by atoms with van der Waals surface area (Å²) in [7, 11) is 1.52. The van der Waals surface area contributed by atoms with Gasteiger partial charge in [0.15, 0.2) is 11.5 Å². The molecule has 0 spiro atoms. The fourth-order valence-electron chi connectivity index (χ4n) is 3.90. The predicted molar refractivity (Wildman–Crippen MR) is 104 cm³/mol. The first-order valence-electron chi connectivity index (χ1n) is 9.19. The molecule has 27 heavy (non-hydrogen) atoms. The maximum absolute atomic E-state index is 12.4. The van der Waals surface area contributed by atoms with Crippen molar-refractivity contribution in [1.82, 2.24) is 5.32 Å². The zero-order valence-corrected chi connectivity index (χ0v) is 15.4. The van der Waals surface area contributed by atoms with E-state index in [9.17, 15) is 9.90 Å². The Kier molecular flexibility index (Phi) is 4.48. The van der Waals surface area contributed by atoms with Crippen LogP contribution in [0.3, 0.4) is 0 Å². The summed E-state index contributed by atoms with van der Waals surface area (Å²) in [4.78, 5) is 12.4. The number of hydrogen-bond acceptors (Lipinski definition) is 5. The third kappa shape index (κ3) is 3.12. The number of ether oxygens (including phenoxy) is 1. The number of anilines is 1. The van der Waals surface area contributed by atoms with Gasteiger partial charge in [-0.2, -0.15) is 5.10 Å². The summed E-state index contributed by atoms with van der Waals surface area (Å²) in [5.74, 6) is 0.468. The van der Waals surface area contributed by atoms with Crippen molar-refractivity contribution in [3.63, 3.8) is 0 Å². The van der Waals surface area contributed by atoms with E-state index >= 15 is 0 Å². The molecule has 0 aromatic heterocycles. The summed E-state index contributed by atoms with van der Waals surface area (Å²) < 4.78 is 5.12. The van der Waals surface area contributed by atoms with Crippen LogP contribution in [-0.4, -0.2) is 30.5 Å². The van der Waals surface area contributed by atoms with Crippen LogP contribution >= 0.6 is 0 Å². The molecule has 1 amide bonds. The molecule has 2 N–H and O–H groups in total. The maximum atomic E-state index is 12.4. The third-order valence-corrected chi connectivity index (χ3v) is 5.41. The van der Waals surface area contributed by atoms with Crippen LogP contribution in [-0.2, 0) is 11.2 Å². The number of methoxy groups -OCH3 is 1. The van der Waals surface area contributed by atoms with Crippen molar-refractivity contribution in [3.05, 3.63) is 53.6 Å². The van der Waals surface area contributed by atoms with Crippen molar-refractivity contribution in [3.8, 4) is 11.5 Å². The van der Waals surface area contributed by atoms with Gasteiger partial charge in [0.1, 0.15) is 6.17 Å². The molecule has 3 atom stereocenters. The average Bonchev–Trinajstić information content (AvgIpc) is 3.11. The van der Waals surface area contributed by atoms with Crippen molar-refractivity contribution in [2.75, 3.05) is 12.1 Å². The van der Waals surface area contributed by atoms with E-state index in [1.807, 2.05) is 29.4 Å². The van der Waals surface area contributed by atoms with Gasteiger partial charge in [-0.3, -0.25) is 4.79 Å². The standard InChI is InChI=1S/C21H23N3O3/c1-3-13-4-7-15(8-5-13)24-21-17(12-22-24)16(11-20(26)23-21)14-6-9-19(27-2)18(25)10-14/h4-10,12,16-17,21,25H,3,11H2,1-2H3,(H,23,26). The van der Waals surface area contributed by atoms with Crippen LogP contribution in [0.2, 0.25) is 0 Å². The number of nitrogens with zero attached hydrogens (tertiary/aromatic N) is 2. The molecule has 4 rings (SSSR count). The number of fused-ring (bicyclic) bond motifs is 1. The second kappa shape index (κ2) is 6.95. The Morgan fingerprint density at radius 1 is 1.26 bits per heavy atom. The number of aryl methyl sites for hydroxylation is 1. The number of nitrogens with one attached hydrogen (secondary N) is 1. The van der Waals surface area contributed by atoms with Gasteiger partial charge in [-0.15, -0.1) is 0 Å². The van der Waals surface area contributed by atoms with E-state index in [2.05, 4.69) is 29.5 Å². The Labute approximate surface area is 158 Å². The van der Waals surface area contributed by atoms with E-state index in [0.717, 1.165) is 17.7 Å². The smallest absolute Gasteiger partial charge is 0.222 e. The zero-order valence-electron chi connectivity index (χ0n) is 15.4. The highest BCUT2D eigenvalue weighted by atomic mass is 16.5. The average molecular weight is 365 g/mol. The molecule has 2 aromatic carbocycles. The number of hydrazone groups is 1. The first-order chi connectivity index (χ1) is 13.1. The van der Waals surface area contributed by atoms with Gasteiger partial charge in [0.2, 0.25) is 5.91 Å². The van der Waals surface area contributed by atoms with E-state index < -0.39 is 0 Å². The molecule has 1 fully saturated rings. The van der Waals surface area contributed by atoms with Crippen molar-refractivity contribution in [2.24, 2.45) is 11.0 Å². The van der Waals surface area contributed by atoms with Crippen LogP contribution in [0.15, 0.2) is 47.6 Å². The van der Waals surface area contributed by atoms with E-state index in [4.69, 9.17) is 4.74 Å². The molecule has 2 aliphatic heterocycles. The van der Waals surface area contributed by atoms with Crippen LogP contribution in [0.4, 0.5) is 5.69 Å². The van der Waals surface area contributed by atoms with Gasteiger partial charge < -0.3 is 15.2 Å². The quantitative estimate of drug-likeness (QED) is 0.873. The van der Waals surface area contributed by atoms with Gasteiger partial charge in [0.25, 0.3) is 0 Å². The van der Waals surface area contributed by atoms with Gasteiger partial charge in [-0.25, -0.2) is 5.01 Å². The Morgan fingerprint density at radius 3 is 2.70 bits per heavy atom. The number of phenols is 1. The zero-order chi connectivity index (χ0) is 19.0. The molecule has 0 radical (unpaired) electrons. The molecule has 0 saturated carbocycles. The van der Waals surface area contributed by atoms with E-state index in [1.54, 1.807) is 12.1 Å². The van der Waals surface area contributed by atoms with Gasteiger partial charge in [-0.05, 0) is 41.8 Å². The van der Waals surface area contributed by atoms with Crippen LogP contribution in [0.1, 0.15) is 30.4 Å². The molecular weight excluding hydrogens is 342 g/mol. The fourth-order valence-corrected chi connectivity index (χ4v) is 3.90. The maximum Gasteiger partial charge on any atom is 0.222 e. The number of carbonyl (C=O) groups is 1. The predicted octanol–water partition coefficient (Wildman–Crippen LogP) is 3.02. The van der Waals surface area contributed by atoms with Crippen molar-refractivity contribution in [1.29, 1.82) is 0 Å². The normalized spacial score (nSPS) is 23.9. The van der Waals surface area contributed by atoms with Gasteiger partial charge >= 0.3 is 0 Å². The molecule has 3 unspecified atom stereocenters. The van der Waals surface area contributed by atoms with Crippen LogP contribution < -0.4 is 15.1 Å². The van der Waals surface area contributed by atoms with Gasteiger partial charge in [-0.1, -0.05) is 25.1 Å². The number of hydrogen-bond donors (Lipinski definition) is 2. The summed E-state index contributed by atoms with van der Waals surface area (Å²) in [6.07, 6.45) is 3.02. The second-order valence-corrected chi connectivity index (χ2v) is 6.96. The van der Waals surface area contributed by atoms with E-state index in [0.29, 0.717) is 12.2 Å². The third-order valence-electron chi connectivity index (χ3n) is 5.41. The van der Waals surface area contributed by atoms with Crippen LogP contribution in [0, 0.1) is 5.92 Å². The lowest BCUT2D eigenvalue weighted by Crippen LogP contribution is -2.53. The summed E-state index contributed by atoms with van der Waals surface area (Å²) in [6, 6.07) is 13.6. The number of carbonyl (C=O) groups excluding carboxylic acids is 1. The number of amides is 1. The molecule has 140 valence electrons. The topological polar surface area (TPSA) is 74.2 Å². The molecule has 2 heterocycles. The van der Waals surface area contributed by atoms with E-state index in [1.165, 1.54) is 12.7 Å². The molecule has 6 nitrogen and oxygen atoms in total. The van der Waals surface area contributed by atoms with Crippen LogP contribution in [0.5, 0.6) is 11.5 Å². The number of phenolic OH excluding ortho intramolecular Hbond substituents is 1. The number of piperidine rings is 1. The summed E-state index contributed by atoms with van der Waals surface area (Å²) >= 11 is 0. The van der Waals surface area contributed by atoms with Crippen molar-refractivity contribution >= 4 is 17.8 Å². The number of benzene rings is 2. The largest absolute Gasteiger partial charge is 0.504 e. The van der Waals surface area contributed by atoms with Crippen molar-refractivity contribution in [2.45, 2.75) is 31.8 Å². The first kappa shape index (κ1) is 17.4. The van der Waals surface area contributed by atoms with Gasteiger partial charge in [0.05, 0.1) is 12.8 Å². The minimum atomic E-state index is -0.229.